The second-order valence-corrected chi connectivity index (χ2v) is 9.81. The number of ether oxygens (including phenoxy) is 1. The minimum Gasteiger partial charge on any atom is -0.435 e. The number of piperidine rings is 1. The Kier molecular flexibility index (Phi) is 8.68. The maximum Gasteiger partial charge on any atom is 0.232 e. The van der Waals surface area contributed by atoms with Crippen LogP contribution in [-0.2, 0) is 11.3 Å². The van der Waals surface area contributed by atoms with Crippen molar-refractivity contribution in [3.63, 3.8) is 0 Å². The van der Waals surface area contributed by atoms with Gasteiger partial charge in [-0.25, -0.2) is 28.3 Å². The Morgan fingerprint density at radius 1 is 1.12 bits per heavy atom. The Bertz CT molecular complexity index is 1540. The SMILES string of the molecule is N#Cc1c([C@@H](NS(=O)O)c2ccccc2)ccc(Oc2ncccc2-c2ccnc(N[C@H]3CCCNC3)n2)c1F. The highest BCUT2D eigenvalue weighted by Crippen LogP contribution is 2.35. The number of pyridine rings is 1. The van der Waals surface area contributed by atoms with Crippen molar-refractivity contribution in [1.82, 2.24) is 25.0 Å². The molecule has 0 spiro atoms. The van der Waals surface area contributed by atoms with E-state index < -0.39 is 23.1 Å². The maximum atomic E-state index is 15.7. The number of nitrogens with one attached hydrogen (secondary N) is 3. The minimum atomic E-state index is -2.42. The highest BCUT2D eigenvalue weighted by atomic mass is 32.2. The molecule has 0 aliphatic carbocycles. The van der Waals surface area contributed by atoms with Crippen molar-refractivity contribution in [2.45, 2.75) is 24.9 Å². The van der Waals surface area contributed by atoms with Gasteiger partial charge < -0.3 is 15.4 Å². The molecule has 3 heterocycles. The van der Waals surface area contributed by atoms with Crippen molar-refractivity contribution in [2.75, 3.05) is 18.4 Å². The molecule has 5 rings (SSSR count). The van der Waals surface area contributed by atoms with Gasteiger partial charge in [0.1, 0.15) is 6.07 Å². The first-order valence-corrected chi connectivity index (χ1v) is 13.7. The van der Waals surface area contributed by atoms with E-state index in [-0.39, 0.29) is 28.8 Å². The summed E-state index contributed by atoms with van der Waals surface area (Å²) < 4.78 is 45.2. The van der Waals surface area contributed by atoms with E-state index in [0.717, 1.165) is 25.9 Å². The summed E-state index contributed by atoms with van der Waals surface area (Å²) >= 11 is -2.42. The summed E-state index contributed by atoms with van der Waals surface area (Å²) in [4.78, 5) is 13.2. The van der Waals surface area contributed by atoms with Crippen LogP contribution in [-0.4, -0.2) is 42.8 Å². The molecule has 0 radical (unpaired) electrons. The van der Waals surface area contributed by atoms with Crippen molar-refractivity contribution in [2.24, 2.45) is 0 Å². The molecule has 4 N–H and O–H groups in total. The summed E-state index contributed by atoms with van der Waals surface area (Å²) in [6.45, 7) is 1.81. The van der Waals surface area contributed by atoms with E-state index in [1.165, 1.54) is 18.3 Å². The van der Waals surface area contributed by atoms with Crippen LogP contribution in [0.2, 0.25) is 0 Å². The van der Waals surface area contributed by atoms with Crippen LogP contribution in [0, 0.1) is 17.1 Å². The molecule has 1 aliphatic heterocycles. The molecule has 2 aromatic carbocycles. The quantitative estimate of drug-likeness (QED) is 0.220. The maximum absolute atomic E-state index is 15.7. The number of aromatic nitrogens is 3. The fourth-order valence-electron chi connectivity index (χ4n) is 4.57. The van der Waals surface area contributed by atoms with Crippen LogP contribution < -0.4 is 20.1 Å². The molecule has 0 amide bonds. The third-order valence-corrected chi connectivity index (χ3v) is 6.89. The molecule has 4 aromatic rings. The van der Waals surface area contributed by atoms with Crippen LogP contribution in [0.1, 0.15) is 35.6 Å². The summed E-state index contributed by atoms with van der Waals surface area (Å²) in [6, 6.07) is 17.9. The molecule has 1 aliphatic rings. The molecular weight excluding hydrogens is 533 g/mol. The van der Waals surface area contributed by atoms with Crippen LogP contribution in [0.25, 0.3) is 11.3 Å². The van der Waals surface area contributed by atoms with Crippen LogP contribution >= 0.6 is 0 Å². The van der Waals surface area contributed by atoms with Crippen LogP contribution in [0.5, 0.6) is 11.6 Å². The van der Waals surface area contributed by atoms with Gasteiger partial charge in [0.2, 0.25) is 23.1 Å². The zero-order valence-corrected chi connectivity index (χ0v) is 22.1. The topological polar surface area (TPSA) is 145 Å². The van der Waals surface area contributed by atoms with Gasteiger partial charge in [-0.1, -0.05) is 36.4 Å². The molecule has 0 saturated carbocycles. The fraction of sp³-hybridized carbons (Fsp3) is 0.214. The van der Waals surface area contributed by atoms with E-state index in [0.29, 0.717) is 22.8 Å². The van der Waals surface area contributed by atoms with Crippen molar-refractivity contribution in [1.29, 1.82) is 5.26 Å². The van der Waals surface area contributed by atoms with Crippen molar-refractivity contribution in [3.8, 4) is 29.0 Å². The first kappa shape index (κ1) is 27.3. The zero-order valence-electron chi connectivity index (χ0n) is 21.3. The van der Waals surface area contributed by atoms with Gasteiger partial charge in [0.15, 0.2) is 11.6 Å². The molecule has 0 bridgehead atoms. The third-order valence-electron chi connectivity index (χ3n) is 6.45. The number of nitrogens with zero attached hydrogens (tertiary/aromatic N) is 4. The average molecular weight is 560 g/mol. The van der Waals surface area contributed by atoms with Crippen LogP contribution in [0.15, 0.2) is 73.1 Å². The average Bonchev–Trinajstić information content (AvgIpc) is 2.98. The number of rotatable bonds is 9. The van der Waals surface area contributed by atoms with Gasteiger partial charge in [-0.3, -0.25) is 4.55 Å². The second kappa shape index (κ2) is 12.7. The van der Waals surface area contributed by atoms with Crippen molar-refractivity contribution in [3.05, 3.63) is 95.6 Å². The van der Waals surface area contributed by atoms with Crippen LogP contribution in [0.3, 0.4) is 0 Å². The number of hydrogen-bond donors (Lipinski definition) is 4. The Labute approximate surface area is 233 Å². The van der Waals surface area contributed by atoms with E-state index in [4.69, 9.17) is 4.74 Å². The summed E-state index contributed by atoms with van der Waals surface area (Å²) in [6.07, 6.45) is 5.21. The lowest BCUT2D eigenvalue weighted by Gasteiger charge is -2.23. The molecule has 2 aromatic heterocycles. The van der Waals surface area contributed by atoms with Gasteiger partial charge in [0.25, 0.3) is 0 Å². The minimum absolute atomic E-state index is 0.0937. The van der Waals surface area contributed by atoms with E-state index in [2.05, 4.69) is 30.3 Å². The largest absolute Gasteiger partial charge is 0.435 e. The number of benzene rings is 2. The van der Waals surface area contributed by atoms with Crippen molar-refractivity contribution >= 4 is 17.2 Å². The standard InChI is InChI=1S/C28H26FN7O3S/c29-25-22(16-30)20(26(36-40(37)38)18-6-2-1-3-7-18)10-11-24(25)39-27-21(9-5-14-32-27)23-12-15-33-28(35-23)34-19-8-4-13-31-17-19/h1-3,5-7,9-12,14-15,19,26,31,36H,4,8,13,17H2,(H,37,38)(H,33,34,35)/t19-,26-/m0/s1. The van der Waals surface area contributed by atoms with E-state index >= 15 is 4.39 Å². The molecule has 1 fully saturated rings. The number of nitriles is 1. The predicted octanol–water partition coefficient (Wildman–Crippen LogP) is 4.32. The molecule has 3 atom stereocenters. The molecule has 1 unspecified atom stereocenters. The predicted molar refractivity (Wildman–Crippen MR) is 148 cm³/mol. The van der Waals surface area contributed by atoms with Crippen LogP contribution in [0.4, 0.5) is 10.3 Å². The van der Waals surface area contributed by atoms with E-state index in [1.54, 1.807) is 54.7 Å². The Hall–Kier alpha value is -4.28. The normalized spacial score (nSPS) is 16.5. The Morgan fingerprint density at radius 2 is 1.98 bits per heavy atom. The van der Waals surface area contributed by atoms with Gasteiger partial charge in [-0.2, -0.15) is 5.26 Å². The number of anilines is 1. The lowest BCUT2D eigenvalue weighted by atomic mass is 9.95. The van der Waals surface area contributed by atoms with Crippen molar-refractivity contribution < 1.29 is 17.9 Å². The molecular formula is C28H26FN7O3S. The highest BCUT2D eigenvalue weighted by molar-refractivity contribution is 7.77. The summed E-state index contributed by atoms with van der Waals surface area (Å²) in [5, 5.41) is 16.5. The van der Waals surface area contributed by atoms with Gasteiger partial charge in [0.05, 0.1) is 22.9 Å². The second-order valence-electron chi connectivity index (χ2n) is 9.08. The molecule has 12 heteroatoms. The lowest BCUT2D eigenvalue weighted by molar-refractivity contribution is 0.427. The molecule has 10 nitrogen and oxygen atoms in total. The number of hydrogen-bond acceptors (Lipinski definition) is 8. The zero-order chi connectivity index (χ0) is 27.9. The van der Waals surface area contributed by atoms with Gasteiger partial charge >= 0.3 is 0 Å². The third kappa shape index (κ3) is 6.30. The molecule has 40 heavy (non-hydrogen) atoms. The van der Waals surface area contributed by atoms with Gasteiger partial charge in [-0.15, -0.1) is 0 Å². The fourth-order valence-corrected chi connectivity index (χ4v) is 5.03. The first-order valence-electron chi connectivity index (χ1n) is 12.6. The summed E-state index contributed by atoms with van der Waals surface area (Å²) in [5.74, 6) is -0.587. The lowest BCUT2D eigenvalue weighted by Crippen LogP contribution is -2.38. The Balaban J connectivity index is 1.46. The smallest absolute Gasteiger partial charge is 0.232 e. The highest BCUT2D eigenvalue weighted by Gasteiger charge is 2.25. The monoisotopic (exact) mass is 559 g/mol. The van der Waals surface area contributed by atoms with Gasteiger partial charge in [-0.05, 0) is 54.8 Å². The van der Waals surface area contributed by atoms with Gasteiger partial charge in [0, 0.05) is 25.0 Å². The molecule has 204 valence electrons. The first-order chi connectivity index (χ1) is 19.5. The van der Waals surface area contributed by atoms with E-state index in [1.807, 2.05) is 6.07 Å². The Morgan fingerprint density at radius 3 is 2.73 bits per heavy atom. The summed E-state index contributed by atoms with van der Waals surface area (Å²) in [7, 11) is 0. The van der Waals surface area contributed by atoms with E-state index in [9.17, 15) is 14.0 Å². The molecule has 1 saturated heterocycles. The number of halogens is 1. The summed E-state index contributed by atoms with van der Waals surface area (Å²) in [5.41, 5.74) is 1.48.